The fraction of sp³-hybridized carbons (Fsp3) is 0.300. The molecule has 0 bridgehead atoms. The Morgan fingerprint density at radius 2 is 1.59 bits per heavy atom. The Kier molecular flexibility index (Phi) is 7.35. The van der Waals surface area contributed by atoms with Crippen LogP contribution in [-0.4, -0.2) is 41.0 Å². The van der Waals surface area contributed by atoms with Crippen LogP contribution in [0.4, 0.5) is 35.1 Å². The first-order valence-corrected chi connectivity index (χ1v) is 12.3. The summed E-state index contributed by atoms with van der Waals surface area (Å²) >= 11 is -0.250. The van der Waals surface area contributed by atoms with E-state index in [2.05, 4.69) is 15.1 Å². The fourth-order valence-corrected chi connectivity index (χ4v) is 4.73. The number of aromatic nitrogens is 3. The molecule has 2 aromatic heterocycles. The van der Waals surface area contributed by atoms with E-state index >= 15 is 0 Å². The summed E-state index contributed by atoms with van der Waals surface area (Å²) in [5.74, 6) is -7.25. The van der Waals surface area contributed by atoms with Gasteiger partial charge in [-0.2, -0.15) is 45.2 Å². The quantitative estimate of drug-likeness (QED) is 0.410. The van der Waals surface area contributed by atoms with Crippen LogP contribution in [-0.2, 0) is 29.0 Å². The number of carbonyl (C=O) groups excluding carboxylic acids is 1. The van der Waals surface area contributed by atoms with Crippen molar-refractivity contribution in [3.63, 3.8) is 0 Å². The van der Waals surface area contributed by atoms with E-state index in [1.807, 2.05) is 0 Å². The zero-order valence-corrected chi connectivity index (χ0v) is 20.2. The van der Waals surface area contributed by atoms with Gasteiger partial charge in [0.2, 0.25) is 4.80 Å². The molecule has 0 aliphatic heterocycles. The molecule has 0 unspecified atom stereocenters. The highest BCUT2D eigenvalue weighted by Crippen LogP contribution is 2.43. The summed E-state index contributed by atoms with van der Waals surface area (Å²) in [6.45, 7) is 1.25. The molecule has 0 saturated carbocycles. The van der Waals surface area contributed by atoms with E-state index in [0.717, 1.165) is 43.4 Å². The number of hydrogen-bond donors (Lipinski definition) is 0. The largest absolute Gasteiger partial charge is 0.460 e. The first kappa shape index (κ1) is 28.4. The van der Waals surface area contributed by atoms with Crippen molar-refractivity contribution in [2.75, 3.05) is 5.75 Å². The second-order valence-corrected chi connectivity index (χ2v) is 10.5. The Balaban J connectivity index is 2.15. The number of sulfone groups is 1. The zero-order chi connectivity index (χ0) is 28.0. The van der Waals surface area contributed by atoms with Gasteiger partial charge in [-0.25, -0.2) is 18.1 Å². The summed E-state index contributed by atoms with van der Waals surface area (Å²) in [6.07, 6.45) is -10.6. The summed E-state index contributed by atoms with van der Waals surface area (Å²) < 4.78 is 129. The Morgan fingerprint density at radius 1 is 1.00 bits per heavy atom. The molecule has 1 amide bonds. The van der Waals surface area contributed by atoms with Gasteiger partial charge < -0.3 is 0 Å². The van der Waals surface area contributed by atoms with Crippen molar-refractivity contribution in [2.45, 2.75) is 30.1 Å². The van der Waals surface area contributed by atoms with Gasteiger partial charge in [-0.05, 0) is 24.3 Å². The Bertz CT molecular complexity index is 1510. The maximum atomic E-state index is 13.6. The van der Waals surface area contributed by atoms with Crippen molar-refractivity contribution in [3.05, 3.63) is 57.5 Å². The van der Waals surface area contributed by atoms with E-state index in [9.17, 15) is 48.3 Å². The normalized spacial score (nSPS) is 13.7. The molecule has 0 radical (unpaired) electrons. The number of amides is 1. The van der Waals surface area contributed by atoms with Crippen LogP contribution in [0.15, 0.2) is 46.3 Å². The SMILES string of the molecule is CCS(=O)(=O)c1ccc(-c2ccc(C(F)(F)F)cc2)nc1C(=O)N=c1sc(C(F)(F)C(F)(F)F)nn1C. The molecular formula is C20H14F8N4O3S2. The van der Waals surface area contributed by atoms with Gasteiger partial charge >= 0.3 is 18.3 Å². The minimum Gasteiger partial charge on any atom is -0.265 e. The van der Waals surface area contributed by atoms with Crippen LogP contribution in [0.1, 0.15) is 28.0 Å². The van der Waals surface area contributed by atoms with Crippen LogP contribution in [0.5, 0.6) is 0 Å². The monoisotopic (exact) mass is 574 g/mol. The molecular weight excluding hydrogens is 560 g/mol. The van der Waals surface area contributed by atoms with Crippen LogP contribution >= 0.6 is 11.3 Å². The van der Waals surface area contributed by atoms with Crippen molar-refractivity contribution >= 4 is 27.1 Å². The van der Waals surface area contributed by atoms with Gasteiger partial charge in [-0.15, -0.1) is 0 Å². The highest BCUT2D eigenvalue weighted by Gasteiger charge is 2.61. The molecule has 17 heteroatoms. The summed E-state index contributed by atoms with van der Waals surface area (Å²) in [5, 5.41) is 1.36. The average molecular weight is 574 g/mol. The molecule has 0 N–H and O–H groups in total. The maximum absolute atomic E-state index is 13.6. The van der Waals surface area contributed by atoms with Crippen molar-refractivity contribution in [1.82, 2.24) is 14.8 Å². The van der Waals surface area contributed by atoms with Gasteiger partial charge in [0.25, 0.3) is 5.91 Å². The minimum atomic E-state index is -5.97. The maximum Gasteiger partial charge on any atom is 0.460 e. The van der Waals surface area contributed by atoms with E-state index in [0.29, 0.717) is 4.68 Å². The number of carbonyl (C=O) groups is 1. The van der Waals surface area contributed by atoms with Gasteiger partial charge in [0, 0.05) is 12.6 Å². The Hall–Kier alpha value is -3.21. The Labute approximate surface area is 207 Å². The summed E-state index contributed by atoms with van der Waals surface area (Å²) in [6, 6.07) is 5.63. The number of aryl methyl sites for hydroxylation is 1. The second kappa shape index (κ2) is 9.59. The first-order valence-electron chi connectivity index (χ1n) is 9.88. The molecule has 3 aromatic rings. The van der Waals surface area contributed by atoms with Crippen LogP contribution in [0, 0.1) is 0 Å². The third-order valence-corrected chi connectivity index (χ3v) is 7.64. The average Bonchev–Trinajstić information content (AvgIpc) is 3.18. The van der Waals surface area contributed by atoms with Crippen LogP contribution in [0.2, 0.25) is 0 Å². The lowest BCUT2D eigenvalue weighted by Gasteiger charge is -2.15. The van der Waals surface area contributed by atoms with Gasteiger partial charge in [-0.3, -0.25) is 4.79 Å². The lowest BCUT2D eigenvalue weighted by Crippen LogP contribution is -2.33. The number of benzene rings is 1. The second-order valence-electron chi connectivity index (χ2n) is 7.32. The number of alkyl halides is 8. The van der Waals surface area contributed by atoms with E-state index in [1.165, 1.54) is 6.92 Å². The number of halogens is 8. The molecule has 3 rings (SSSR count). The van der Waals surface area contributed by atoms with Gasteiger partial charge in [0.15, 0.2) is 14.8 Å². The van der Waals surface area contributed by atoms with E-state index < -0.39 is 65.7 Å². The summed E-state index contributed by atoms with van der Waals surface area (Å²) in [5.41, 5.74) is -1.84. The van der Waals surface area contributed by atoms with Crippen molar-refractivity contribution < 1.29 is 48.3 Å². The molecule has 0 fully saturated rings. The third-order valence-electron chi connectivity index (χ3n) is 4.81. The molecule has 0 saturated heterocycles. The zero-order valence-electron chi connectivity index (χ0n) is 18.5. The van der Waals surface area contributed by atoms with Gasteiger partial charge in [-0.1, -0.05) is 30.4 Å². The summed E-state index contributed by atoms with van der Waals surface area (Å²) in [7, 11) is -3.18. The minimum absolute atomic E-state index is 0.0675. The first-order chi connectivity index (χ1) is 16.9. The topological polar surface area (TPSA) is 94.3 Å². The highest BCUT2D eigenvalue weighted by molar-refractivity contribution is 7.91. The fourth-order valence-electron chi connectivity index (χ4n) is 2.83. The van der Waals surface area contributed by atoms with E-state index in [1.54, 1.807) is 0 Å². The molecule has 1 aromatic carbocycles. The Morgan fingerprint density at radius 3 is 2.11 bits per heavy atom. The molecule has 0 spiro atoms. The standard InChI is InChI=1S/C20H14F8N4O3S2/c1-3-37(34,35)13-9-8-12(10-4-6-11(7-5-10)19(23,24)25)29-14(13)15(33)30-17-32(2)31-16(36-17)18(21,22)20(26,27)28/h4-9H,3H2,1-2H3. The van der Waals surface area contributed by atoms with Crippen LogP contribution < -0.4 is 4.80 Å². The molecule has 7 nitrogen and oxygen atoms in total. The highest BCUT2D eigenvalue weighted by atomic mass is 32.2. The van der Waals surface area contributed by atoms with Gasteiger partial charge in [0.05, 0.1) is 21.9 Å². The van der Waals surface area contributed by atoms with Crippen molar-refractivity contribution in [1.29, 1.82) is 0 Å². The molecule has 0 aliphatic carbocycles. The number of rotatable bonds is 5. The predicted molar refractivity (Wildman–Crippen MR) is 113 cm³/mol. The van der Waals surface area contributed by atoms with Crippen LogP contribution in [0.3, 0.4) is 0 Å². The molecule has 200 valence electrons. The van der Waals surface area contributed by atoms with E-state index in [-0.39, 0.29) is 22.6 Å². The molecule has 2 heterocycles. The lowest BCUT2D eigenvalue weighted by atomic mass is 10.1. The van der Waals surface area contributed by atoms with Gasteiger partial charge in [0.1, 0.15) is 5.69 Å². The van der Waals surface area contributed by atoms with Crippen molar-refractivity contribution in [2.24, 2.45) is 12.0 Å². The number of hydrogen-bond acceptors (Lipinski definition) is 6. The molecule has 0 aliphatic rings. The predicted octanol–water partition coefficient (Wildman–Crippen LogP) is 4.75. The smallest absolute Gasteiger partial charge is 0.265 e. The third kappa shape index (κ3) is 5.71. The van der Waals surface area contributed by atoms with Crippen LogP contribution in [0.25, 0.3) is 11.3 Å². The number of nitrogens with zero attached hydrogens (tertiary/aromatic N) is 4. The molecule has 37 heavy (non-hydrogen) atoms. The molecule has 0 atom stereocenters. The lowest BCUT2D eigenvalue weighted by molar-refractivity contribution is -0.289. The van der Waals surface area contributed by atoms with E-state index in [4.69, 9.17) is 0 Å². The van der Waals surface area contributed by atoms with Crippen molar-refractivity contribution in [3.8, 4) is 11.3 Å². The number of pyridine rings is 1. The summed E-state index contributed by atoms with van der Waals surface area (Å²) in [4.78, 5) is 18.9.